The molecule has 2 aromatic heterocycles. The molecule has 0 saturated heterocycles. The molecule has 0 aliphatic carbocycles. The van der Waals surface area contributed by atoms with Crippen molar-refractivity contribution < 1.29 is 0 Å². The maximum atomic E-state index is 5.53. The van der Waals surface area contributed by atoms with E-state index in [-0.39, 0.29) is 0 Å². The second-order valence-corrected chi connectivity index (χ2v) is 7.65. The summed E-state index contributed by atoms with van der Waals surface area (Å²) in [6, 6.07) is 22.2. The SMILES string of the molecule is S=c1cc(S)cc(CNc2ccc(-c3cc(=S)c4ccccc4[nH]3)cc2)[nH]1. The van der Waals surface area contributed by atoms with Crippen LogP contribution in [0, 0.1) is 9.15 Å². The molecule has 2 heterocycles. The number of hydrogen-bond acceptors (Lipinski definition) is 4. The van der Waals surface area contributed by atoms with E-state index in [1.54, 1.807) is 0 Å². The quantitative estimate of drug-likeness (QED) is 0.230. The van der Waals surface area contributed by atoms with Crippen molar-refractivity contribution in [3.05, 3.63) is 81.6 Å². The molecule has 0 aliphatic rings. The van der Waals surface area contributed by atoms with Gasteiger partial charge in [-0.25, -0.2) is 0 Å². The summed E-state index contributed by atoms with van der Waals surface area (Å²) in [6.07, 6.45) is 0. The molecular weight excluding hydrogens is 390 g/mol. The number of rotatable bonds is 4. The van der Waals surface area contributed by atoms with Crippen LogP contribution in [0.15, 0.2) is 71.6 Å². The molecule has 4 rings (SSSR count). The first-order valence-corrected chi connectivity index (χ1v) is 9.73. The first-order valence-electron chi connectivity index (χ1n) is 8.47. The monoisotopic (exact) mass is 407 g/mol. The average Bonchev–Trinajstić information content (AvgIpc) is 2.66. The van der Waals surface area contributed by atoms with E-state index < -0.39 is 0 Å². The highest BCUT2D eigenvalue weighted by molar-refractivity contribution is 7.80. The first kappa shape index (κ1) is 18.0. The minimum absolute atomic E-state index is 0.649. The van der Waals surface area contributed by atoms with Crippen molar-refractivity contribution in [1.82, 2.24) is 9.97 Å². The van der Waals surface area contributed by atoms with Gasteiger partial charge in [-0.1, -0.05) is 54.8 Å². The molecule has 3 N–H and O–H groups in total. The van der Waals surface area contributed by atoms with Gasteiger partial charge in [0.05, 0.1) is 6.54 Å². The van der Waals surface area contributed by atoms with E-state index in [2.05, 4.69) is 52.2 Å². The van der Waals surface area contributed by atoms with Crippen LogP contribution in [0.5, 0.6) is 0 Å². The Labute approximate surface area is 172 Å². The summed E-state index contributed by atoms with van der Waals surface area (Å²) in [4.78, 5) is 7.49. The third kappa shape index (κ3) is 4.13. The molecule has 4 aromatic rings. The number of fused-ring (bicyclic) bond motifs is 1. The fourth-order valence-electron chi connectivity index (χ4n) is 3.00. The zero-order valence-electron chi connectivity index (χ0n) is 14.3. The van der Waals surface area contributed by atoms with Crippen LogP contribution >= 0.6 is 37.1 Å². The lowest BCUT2D eigenvalue weighted by molar-refractivity contribution is 1.02. The van der Waals surface area contributed by atoms with Crippen molar-refractivity contribution in [2.45, 2.75) is 11.4 Å². The van der Waals surface area contributed by atoms with Gasteiger partial charge in [0.25, 0.3) is 0 Å². The highest BCUT2D eigenvalue weighted by Gasteiger charge is 2.03. The number of anilines is 1. The molecule has 0 atom stereocenters. The van der Waals surface area contributed by atoms with Gasteiger partial charge in [-0.3, -0.25) is 0 Å². The van der Waals surface area contributed by atoms with Crippen LogP contribution in [-0.4, -0.2) is 9.97 Å². The van der Waals surface area contributed by atoms with Gasteiger partial charge in [-0.05, 0) is 42.0 Å². The van der Waals surface area contributed by atoms with Gasteiger partial charge in [0.2, 0.25) is 0 Å². The zero-order valence-corrected chi connectivity index (χ0v) is 16.8. The number of thiol groups is 1. The topological polar surface area (TPSA) is 43.6 Å². The van der Waals surface area contributed by atoms with Crippen molar-refractivity contribution in [2.24, 2.45) is 0 Å². The molecule has 134 valence electrons. The molecular formula is C21H17N3S3. The van der Waals surface area contributed by atoms with Crippen LogP contribution in [0.3, 0.4) is 0 Å². The highest BCUT2D eigenvalue weighted by Crippen LogP contribution is 2.24. The van der Waals surface area contributed by atoms with E-state index >= 15 is 0 Å². The number of para-hydroxylation sites is 1. The fourth-order valence-corrected chi connectivity index (χ4v) is 3.92. The Kier molecular flexibility index (Phi) is 5.11. The van der Waals surface area contributed by atoms with Crippen LogP contribution in [-0.2, 0) is 6.54 Å². The third-order valence-electron chi connectivity index (χ3n) is 4.30. The van der Waals surface area contributed by atoms with E-state index in [0.717, 1.165) is 42.9 Å². The van der Waals surface area contributed by atoms with Crippen LogP contribution in [0.4, 0.5) is 5.69 Å². The number of hydrogen-bond donors (Lipinski definition) is 4. The molecule has 0 amide bonds. The predicted octanol–water partition coefficient (Wildman–Crippen LogP) is 6.52. The van der Waals surface area contributed by atoms with Crippen LogP contribution in [0.2, 0.25) is 0 Å². The van der Waals surface area contributed by atoms with Gasteiger partial charge in [-0.15, -0.1) is 12.6 Å². The number of benzene rings is 2. The maximum absolute atomic E-state index is 5.53. The van der Waals surface area contributed by atoms with Gasteiger partial charge in [0.15, 0.2) is 0 Å². The molecule has 6 heteroatoms. The van der Waals surface area contributed by atoms with Crippen molar-refractivity contribution in [2.75, 3.05) is 5.32 Å². The summed E-state index contributed by atoms with van der Waals surface area (Å²) in [5, 5.41) is 4.46. The molecule has 0 unspecified atom stereocenters. The lowest BCUT2D eigenvalue weighted by Gasteiger charge is -2.09. The molecule has 0 fully saturated rings. The van der Waals surface area contributed by atoms with Crippen molar-refractivity contribution >= 4 is 53.7 Å². The molecule has 3 nitrogen and oxygen atoms in total. The molecule has 0 radical (unpaired) electrons. The molecule has 0 spiro atoms. The highest BCUT2D eigenvalue weighted by atomic mass is 32.1. The molecule has 0 bridgehead atoms. The molecule has 0 saturated carbocycles. The van der Waals surface area contributed by atoms with Gasteiger partial charge in [0.1, 0.15) is 4.64 Å². The van der Waals surface area contributed by atoms with E-state index in [1.165, 1.54) is 0 Å². The van der Waals surface area contributed by atoms with Gasteiger partial charge in [-0.2, -0.15) is 0 Å². The molecule has 27 heavy (non-hydrogen) atoms. The standard InChI is InChI=1S/C21H17N3S3/c25-16-9-15(23-21(27)10-16)12-22-14-7-5-13(6-8-14)19-11-20(26)17-3-1-2-4-18(17)24-19/h1-11,22H,12H2,(H,24,26)(H2,23,25,27). The maximum Gasteiger partial charge on any atom is 0.104 e. The Morgan fingerprint density at radius 2 is 1.67 bits per heavy atom. The summed E-state index contributed by atoms with van der Waals surface area (Å²) < 4.78 is 1.53. The van der Waals surface area contributed by atoms with Gasteiger partial charge in [0, 0.05) is 37.4 Å². The summed E-state index contributed by atoms with van der Waals surface area (Å²) in [7, 11) is 0. The number of aromatic nitrogens is 2. The first-order chi connectivity index (χ1) is 13.1. The summed E-state index contributed by atoms with van der Waals surface area (Å²) in [6.45, 7) is 0.649. The van der Waals surface area contributed by atoms with Crippen LogP contribution in [0.25, 0.3) is 22.2 Å². The molecule has 2 aromatic carbocycles. The van der Waals surface area contributed by atoms with Crippen LogP contribution < -0.4 is 5.32 Å². The van der Waals surface area contributed by atoms with E-state index in [9.17, 15) is 0 Å². The number of aromatic amines is 2. The van der Waals surface area contributed by atoms with Crippen molar-refractivity contribution in [3.63, 3.8) is 0 Å². The second-order valence-electron chi connectivity index (χ2n) is 6.25. The minimum Gasteiger partial charge on any atom is -0.379 e. The lowest BCUT2D eigenvalue weighted by Crippen LogP contribution is -2.01. The molecule has 0 aliphatic heterocycles. The predicted molar refractivity (Wildman–Crippen MR) is 121 cm³/mol. The summed E-state index contributed by atoms with van der Waals surface area (Å²) in [5.74, 6) is 0. The number of nitrogens with one attached hydrogen (secondary N) is 3. The number of pyridine rings is 2. The smallest absolute Gasteiger partial charge is 0.104 e. The van der Waals surface area contributed by atoms with E-state index in [4.69, 9.17) is 24.4 Å². The zero-order chi connectivity index (χ0) is 18.8. The largest absolute Gasteiger partial charge is 0.379 e. The second kappa shape index (κ2) is 7.68. The van der Waals surface area contributed by atoms with E-state index in [0.29, 0.717) is 11.2 Å². The summed E-state index contributed by atoms with van der Waals surface area (Å²) in [5.41, 5.74) is 5.17. The normalized spacial score (nSPS) is 10.9. The Bertz CT molecular complexity index is 1220. The number of H-pyrrole nitrogens is 2. The van der Waals surface area contributed by atoms with Gasteiger partial charge >= 0.3 is 0 Å². The average molecular weight is 408 g/mol. The Morgan fingerprint density at radius 1 is 0.889 bits per heavy atom. The van der Waals surface area contributed by atoms with Crippen LogP contribution in [0.1, 0.15) is 5.69 Å². The minimum atomic E-state index is 0.649. The fraction of sp³-hybridized carbons (Fsp3) is 0.0476. The van der Waals surface area contributed by atoms with Crippen molar-refractivity contribution in [1.29, 1.82) is 0 Å². The van der Waals surface area contributed by atoms with E-state index in [1.807, 2.05) is 42.5 Å². The lowest BCUT2D eigenvalue weighted by atomic mass is 10.1. The van der Waals surface area contributed by atoms with Gasteiger partial charge < -0.3 is 15.3 Å². The Morgan fingerprint density at radius 3 is 2.44 bits per heavy atom. The third-order valence-corrected chi connectivity index (χ3v) is 5.12. The Balaban J connectivity index is 1.55. The van der Waals surface area contributed by atoms with Crippen molar-refractivity contribution in [3.8, 4) is 11.3 Å². The summed E-state index contributed by atoms with van der Waals surface area (Å²) >= 11 is 15.1. The Hall–Kier alpha value is -2.41.